The molecule has 0 aliphatic rings. The Morgan fingerprint density at radius 2 is 1.33 bits per heavy atom. The zero-order valence-corrected chi connectivity index (χ0v) is 8.99. The molecule has 1 N–H and O–H groups in total. The fourth-order valence-electron chi connectivity index (χ4n) is 1.07. The topological polar surface area (TPSA) is 54.4 Å². The lowest BCUT2D eigenvalue weighted by molar-refractivity contribution is -0.167. The fraction of sp³-hybridized carbons (Fsp3) is 0.250. The number of alkyl halides is 4. The molecule has 0 saturated carbocycles. The van der Waals surface area contributed by atoms with E-state index < -0.39 is 38.5 Å². The zero-order valence-electron chi connectivity index (χ0n) is 8.17. The van der Waals surface area contributed by atoms with Crippen molar-refractivity contribution >= 4 is 10.1 Å². The monoisotopic (exact) mass is 294 g/mol. The molecule has 0 saturated heterocycles. The highest BCUT2D eigenvalue weighted by molar-refractivity contribution is 7.86. The molecule has 0 spiro atoms. The predicted molar refractivity (Wildman–Crippen MR) is 46.7 cm³/mol. The smallest absolute Gasteiger partial charge is 0.281 e. The van der Waals surface area contributed by atoms with Crippen LogP contribution in [-0.2, 0) is 16.0 Å². The highest BCUT2D eigenvalue weighted by Gasteiger charge is 2.66. The van der Waals surface area contributed by atoms with Crippen LogP contribution in [0.2, 0.25) is 0 Å². The average molecular weight is 294 g/mol. The maximum Gasteiger partial charge on any atom is 0.436 e. The molecule has 0 bridgehead atoms. The second-order valence-corrected chi connectivity index (χ2v) is 4.69. The van der Waals surface area contributed by atoms with Crippen molar-refractivity contribution in [2.45, 2.75) is 11.2 Å². The Labute approximate surface area is 96.8 Å². The van der Waals surface area contributed by atoms with E-state index in [1.54, 1.807) is 0 Å². The molecule has 0 fully saturated rings. The lowest BCUT2D eigenvalue weighted by atomic mass is 10.1. The molecule has 18 heavy (non-hydrogen) atoms. The number of hydrogen-bond donors (Lipinski definition) is 1. The van der Waals surface area contributed by atoms with Gasteiger partial charge in [-0.25, -0.2) is 8.78 Å². The number of benzene rings is 1. The molecule has 1 aromatic carbocycles. The first-order valence-electron chi connectivity index (χ1n) is 4.09. The first-order chi connectivity index (χ1) is 7.89. The third kappa shape index (κ3) is 2.29. The summed E-state index contributed by atoms with van der Waals surface area (Å²) < 4.78 is 106. The average Bonchev–Trinajstić information content (AvgIpc) is 2.13. The van der Waals surface area contributed by atoms with Crippen molar-refractivity contribution < 1.29 is 39.3 Å². The SMILES string of the molecule is O=S(=O)(O)C(F)(F)C(F)(F)c1cc(F)cc(F)c1. The van der Waals surface area contributed by atoms with E-state index in [9.17, 15) is 34.8 Å². The molecule has 0 aromatic heterocycles. The molecule has 102 valence electrons. The Morgan fingerprint density at radius 1 is 0.944 bits per heavy atom. The van der Waals surface area contributed by atoms with Crippen LogP contribution >= 0.6 is 0 Å². The second kappa shape index (κ2) is 4.12. The molecule has 0 aliphatic carbocycles. The van der Waals surface area contributed by atoms with Gasteiger partial charge in [-0.15, -0.1) is 0 Å². The summed E-state index contributed by atoms with van der Waals surface area (Å²) in [6.45, 7) is 0. The standard InChI is InChI=1S/C8H4F6O3S/c9-5-1-4(2-6(10)3-5)7(11,12)8(13,14)18(15,16)17/h1-3H,(H,15,16,17). The first kappa shape index (κ1) is 14.8. The van der Waals surface area contributed by atoms with E-state index in [1.807, 2.05) is 0 Å². The van der Waals surface area contributed by atoms with Gasteiger partial charge in [0.1, 0.15) is 11.6 Å². The summed E-state index contributed by atoms with van der Waals surface area (Å²) in [5, 5.41) is -5.92. The summed E-state index contributed by atoms with van der Waals surface area (Å²) in [6, 6.07) is -0.199. The van der Waals surface area contributed by atoms with Crippen LogP contribution < -0.4 is 0 Å². The zero-order chi connectivity index (χ0) is 14.4. The minimum absolute atomic E-state index is 0.130. The molecular weight excluding hydrogens is 290 g/mol. The van der Waals surface area contributed by atoms with E-state index in [1.165, 1.54) is 0 Å². The lowest BCUT2D eigenvalue weighted by Gasteiger charge is -2.24. The van der Waals surface area contributed by atoms with Gasteiger partial charge in [-0.2, -0.15) is 26.0 Å². The second-order valence-electron chi connectivity index (χ2n) is 3.22. The molecule has 1 aromatic rings. The van der Waals surface area contributed by atoms with E-state index in [-0.39, 0.29) is 18.2 Å². The van der Waals surface area contributed by atoms with Crippen molar-refractivity contribution in [1.82, 2.24) is 0 Å². The Kier molecular flexibility index (Phi) is 3.38. The molecule has 0 radical (unpaired) electrons. The third-order valence-corrected chi connectivity index (χ3v) is 2.82. The molecule has 3 nitrogen and oxygen atoms in total. The van der Waals surface area contributed by atoms with Gasteiger partial charge in [0.25, 0.3) is 0 Å². The van der Waals surface area contributed by atoms with Gasteiger partial charge in [0, 0.05) is 11.6 Å². The largest absolute Gasteiger partial charge is 0.436 e. The number of hydrogen-bond acceptors (Lipinski definition) is 2. The maximum absolute atomic E-state index is 13.2. The minimum atomic E-state index is -6.46. The summed E-state index contributed by atoms with van der Waals surface area (Å²) in [4.78, 5) is 0. The van der Waals surface area contributed by atoms with Crippen molar-refractivity contribution in [1.29, 1.82) is 0 Å². The van der Waals surface area contributed by atoms with E-state index in [4.69, 9.17) is 4.55 Å². The molecule has 1 rings (SSSR count). The Balaban J connectivity index is 3.46. The van der Waals surface area contributed by atoms with Gasteiger partial charge in [0.2, 0.25) is 0 Å². The maximum atomic E-state index is 13.2. The number of halogens is 6. The van der Waals surface area contributed by atoms with Crippen molar-refractivity contribution in [2.75, 3.05) is 0 Å². The van der Waals surface area contributed by atoms with Crippen LogP contribution in [0.4, 0.5) is 26.3 Å². The molecular formula is C8H4F6O3S. The number of rotatable bonds is 3. The first-order valence-corrected chi connectivity index (χ1v) is 5.53. The van der Waals surface area contributed by atoms with Crippen molar-refractivity contribution in [3.05, 3.63) is 35.4 Å². The Bertz CT molecular complexity index is 548. The molecule has 0 atom stereocenters. The van der Waals surface area contributed by atoms with Gasteiger partial charge in [-0.3, -0.25) is 4.55 Å². The van der Waals surface area contributed by atoms with E-state index in [2.05, 4.69) is 0 Å². The minimum Gasteiger partial charge on any atom is -0.281 e. The summed E-state index contributed by atoms with van der Waals surface area (Å²) in [5.74, 6) is -8.70. The molecule has 0 aliphatic heterocycles. The van der Waals surface area contributed by atoms with Gasteiger partial charge in [-0.1, -0.05) is 0 Å². The lowest BCUT2D eigenvalue weighted by Crippen LogP contribution is -2.44. The van der Waals surface area contributed by atoms with E-state index in [0.717, 1.165) is 0 Å². The summed E-state index contributed by atoms with van der Waals surface area (Å²) in [5.41, 5.74) is -1.91. The van der Waals surface area contributed by atoms with E-state index >= 15 is 0 Å². The van der Waals surface area contributed by atoms with Crippen LogP contribution in [0.3, 0.4) is 0 Å². The van der Waals surface area contributed by atoms with Crippen LogP contribution in [0.5, 0.6) is 0 Å². The van der Waals surface area contributed by atoms with Crippen molar-refractivity contribution in [3.8, 4) is 0 Å². The van der Waals surface area contributed by atoms with Crippen molar-refractivity contribution in [2.24, 2.45) is 0 Å². The van der Waals surface area contributed by atoms with Crippen molar-refractivity contribution in [3.63, 3.8) is 0 Å². The molecule has 10 heteroatoms. The van der Waals surface area contributed by atoms with Crippen LogP contribution in [0.25, 0.3) is 0 Å². The van der Waals surface area contributed by atoms with Crippen LogP contribution in [0.15, 0.2) is 18.2 Å². The third-order valence-electron chi connectivity index (χ3n) is 1.91. The summed E-state index contributed by atoms with van der Waals surface area (Å²) in [7, 11) is -6.46. The fourth-order valence-corrected chi connectivity index (χ4v) is 1.51. The highest BCUT2D eigenvalue weighted by atomic mass is 32.2. The van der Waals surface area contributed by atoms with Gasteiger partial charge < -0.3 is 0 Å². The van der Waals surface area contributed by atoms with Crippen LogP contribution in [0.1, 0.15) is 5.56 Å². The summed E-state index contributed by atoms with van der Waals surface area (Å²) in [6.07, 6.45) is 0. The van der Waals surface area contributed by atoms with Gasteiger partial charge in [0.15, 0.2) is 0 Å². The summed E-state index contributed by atoms with van der Waals surface area (Å²) >= 11 is 0. The van der Waals surface area contributed by atoms with Crippen LogP contribution in [0, 0.1) is 11.6 Å². The molecule has 0 unspecified atom stereocenters. The predicted octanol–water partition coefficient (Wildman–Crippen LogP) is 2.54. The van der Waals surface area contributed by atoms with Gasteiger partial charge >= 0.3 is 21.3 Å². The van der Waals surface area contributed by atoms with E-state index in [0.29, 0.717) is 0 Å². The molecule has 0 heterocycles. The highest BCUT2D eigenvalue weighted by Crippen LogP contribution is 2.46. The Morgan fingerprint density at radius 3 is 1.67 bits per heavy atom. The normalized spacial score (nSPS) is 13.7. The van der Waals surface area contributed by atoms with Gasteiger partial charge in [-0.05, 0) is 12.1 Å². The quantitative estimate of drug-likeness (QED) is 0.688. The van der Waals surface area contributed by atoms with Crippen LogP contribution in [-0.4, -0.2) is 18.2 Å². The Hall–Kier alpha value is -1.29. The molecule has 0 amide bonds. The van der Waals surface area contributed by atoms with Gasteiger partial charge in [0.05, 0.1) is 0 Å².